The molecule has 0 radical (unpaired) electrons. The van der Waals surface area contributed by atoms with E-state index in [1.54, 1.807) is 0 Å². The lowest BCUT2D eigenvalue weighted by molar-refractivity contribution is -0.388. The van der Waals surface area contributed by atoms with Gasteiger partial charge in [-0.2, -0.15) is 0 Å². The molecule has 3 saturated heterocycles. The van der Waals surface area contributed by atoms with Gasteiger partial charge in [-0.15, -0.1) is 0 Å². The third-order valence-electron chi connectivity index (χ3n) is 7.23. The monoisotopic (exact) mass is 654 g/mol. The molecule has 0 aromatic rings. The Bertz CT molecular complexity index is 853. The van der Waals surface area contributed by atoms with Crippen LogP contribution in [0.1, 0.15) is 0 Å². The van der Waals surface area contributed by atoms with E-state index in [9.17, 15) is 61.0 Å². The molecule has 0 saturated carbocycles. The normalized spacial score (nSPS) is 44.8. The Morgan fingerprint density at radius 3 is 1.68 bits per heavy atom. The summed E-state index contributed by atoms with van der Waals surface area (Å²) in [7, 11) is 0. The average Bonchev–Trinajstić information content (AvgIpc) is 3.27. The summed E-state index contributed by atoms with van der Waals surface area (Å²) >= 11 is 0. The van der Waals surface area contributed by atoms with E-state index in [1.807, 2.05) is 0 Å². The molecule has 21 heteroatoms. The van der Waals surface area contributed by atoms with Crippen LogP contribution in [0.25, 0.3) is 0 Å². The largest absolute Gasteiger partial charge is 0.394 e. The van der Waals surface area contributed by atoms with Gasteiger partial charge in [-0.3, -0.25) is 0 Å². The van der Waals surface area contributed by atoms with Crippen LogP contribution in [0.5, 0.6) is 0 Å². The van der Waals surface area contributed by atoms with Crippen LogP contribution < -0.4 is 0 Å². The number of aldehydes is 1. The summed E-state index contributed by atoms with van der Waals surface area (Å²) in [6.07, 6.45) is -26.4. The molecule has 0 bridgehead atoms. The van der Waals surface area contributed by atoms with Gasteiger partial charge in [-0.25, -0.2) is 0 Å². The second-order valence-corrected chi connectivity index (χ2v) is 10.3. The minimum absolute atomic E-state index is 0.0869. The minimum Gasteiger partial charge on any atom is -0.394 e. The molecule has 3 aliphatic rings. The van der Waals surface area contributed by atoms with E-state index in [2.05, 4.69) is 0 Å². The van der Waals surface area contributed by atoms with Crippen molar-refractivity contribution in [3.05, 3.63) is 0 Å². The van der Waals surface area contributed by atoms with Crippen LogP contribution in [0.2, 0.25) is 0 Å². The van der Waals surface area contributed by atoms with Crippen molar-refractivity contribution in [2.45, 2.75) is 104 Å². The highest BCUT2D eigenvalue weighted by molar-refractivity contribution is 5.56. The molecular weight excluding hydrogens is 612 g/mol. The fourth-order valence-corrected chi connectivity index (χ4v) is 4.43. The fraction of sp³-hybridized carbons (Fsp3) is 0.957. The molecule has 3 aliphatic heterocycles. The second-order valence-electron chi connectivity index (χ2n) is 10.3. The van der Waals surface area contributed by atoms with Crippen molar-refractivity contribution in [3.8, 4) is 0 Å². The summed E-state index contributed by atoms with van der Waals surface area (Å²) in [6, 6.07) is 0. The number of rotatable bonds is 12. The molecule has 17 atom stereocenters. The zero-order chi connectivity index (χ0) is 33.5. The fourth-order valence-electron chi connectivity index (χ4n) is 4.43. The Kier molecular flexibility index (Phi) is 15.2. The topological polar surface area (TPSA) is 367 Å². The van der Waals surface area contributed by atoms with E-state index in [-0.39, 0.29) is 6.29 Å². The van der Waals surface area contributed by atoms with E-state index in [0.717, 1.165) is 0 Å². The third kappa shape index (κ3) is 8.61. The Morgan fingerprint density at radius 2 is 1.20 bits per heavy atom. The first kappa shape index (κ1) is 39.1. The maximum Gasteiger partial charge on any atom is 0.224 e. The van der Waals surface area contributed by atoms with E-state index in [0.29, 0.717) is 0 Å². The van der Waals surface area contributed by atoms with Gasteiger partial charge in [0.2, 0.25) is 5.79 Å². The van der Waals surface area contributed by atoms with Crippen LogP contribution in [-0.4, -0.2) is 220 Å². The summed E-state index contributed by atoms with van der Waals surface area (Å²) in [6.45, 7) is -3.83. The van der Waals surface area contributed by atoms with Crippen molar-refractivity contribution >= 4 is 6.29 Å². The maximum atomic E-state index is 10.3. The number of hydrogen-bond donors (Lipinski definition) is 15. The lowest BCUT2D eigenvalue weighted by Gasteiger charge is -2.44. The SMILES string of the molecule is O=C[C@@H](O)[C@H](O)[C@H](O)CO.OC[C@H]1O[C@H](OC[C@H]2O[C@H](O[C@]3(CO)O[C@H](CO)[C@@H](O)[C@@H]3O)[C@H](O)[C@@H](O)[C@@H]2O)[C@H](O)[C@@H](O)[C@H]1O. The molecule has 3 fully saturated rings. The van der Waals surface area contributed by atoms with Gasteiger partial charge in [0.1, 0.15) is 92.1 Å². The van der Waals surface area contributed by atoms with Crippen LogP contribution >= 0.6 is 0 Å². The second kappa shape index (κ2) is 17.1. The molecule has 0 aliphatic carbocycles. The molecule has 0 aromatic carbocycles. The summed E-state index contributed by atoms with van der Waals surface area (Å²) in [4.78, 5) is 9.76. The molecular formula is C23H42O21. The number of aliphatic hydroxyl groups is 15. The summed E-state index contributed by atoms with van der Waals surface area (Å²) < 4.78 is 26.4. The van der Waals surface area contributed by atoms with Crippen LogP contribution in [-0.2, 0) is 28.5 Å². The molecule has 21 nitrogen and oxygen atoms in total. The zero-order valence-electron chi connectivity index (χ0n) is 23.0. The smallest absolute Gasteiger partial charge is 0.224 e. The standard InChI is InChI=1S/C18H32O16.C5H10O5/c19-1-5-8(22)11(25)13(27)16(31-5)30-3-7-9(23)12(26)14(28)17(32-7)34-18(4-21)15(29)10(24)6(2-20)33-18;6-1-3(8)5(10)4(9)2-7/h5-17,19-29H,1-4H2;1,3-5,7-10H,2H2/t5-,6-,7-,8+,9-,10-,11+,12+,13-,14-,15+,16+,17-,18+;3-,4-,5+/m11/s1. The highest BCUT2D eigenvalue weighted by Crippen LogP contribution is 2.36. The highest BCUT2D eigenvalue weighted by atomic mass is 16.8. The molecule has 0 amide bonds. The predicted molar refractivity (Wildman–Crippen MR) is 132 cm³/mol. The summed E-state index contributed by atoms with van der Waals surface area (Å²) in [5.74, 6) is -2.36. The van der Waals surface area contributed by atoms with Gasteiger partial charge in [0, 0.05) is 0 Å². The van der Waals surface area contributed by atoms with Crippen LogP contribution in [0.3, 0.4) is 0 Å². The van der Waals surface area contributed by atoms with Gasteiger partial charge in [0.25, 0.3) is 0 Å². The van der Waals surface area contributed by atoms with Gasteiger partial charge >= 0.3 is 0 Å². The van der Waals surface area contributed by atoms with E-state index in [1.165, 1.54) is 0 Å². The lowest BCUT2D eigenvalue weighted by atomic mass is 9.98. The van der Waals surface area contributed by atoms with Gasteiger partial charge in [0.15, 0.2) is 18.9 Å². The maximum absolute atomic E-state index is 10.3. The Balaban J connectivity index is 0.000000580. The van der Waals surface area contributed by atoms with Crippen molar-refractivity contribution in [1.82, 2.24) is 0 Å². The third-order valence-corrected chi connectivity index (χ3v) is 7.23. The first-order chi connectivity index (χ1) is 20.6. The molecule has 15 N–H and O–H groups in total. The van der Waals surface area contributed by atoms with Gasteiger partial charge in [0.05, 0.1) is 26.4 Å². The Labute approximate surface area is 248 Å². The molecule has 0 aromatic heterocycles. The van der Waals surface area contributed by atoms with E-state index in [4.69, 9.17) is 44.1 Å². The molecule has 44 heavy (non-hydrogen) atoms. The van der Waals surface area contributed by atoms with Crippen molar-refractivity contribution < 1.29 is 105 Å². The predicted octanol–water partition coefficient (Wildman–Crippen LogP) is -10.3. The van der Waals surface area contributed by atoms with Gasteiger partial charge in [-0.1, -0.05) is 0 Å². The number of carbonyl (C=O) groups excluding carboxylic acids is 1. The highest BCUT2D eigenvalue weighted by Gasteiger charge is 2.58. The first-order valence-corrected chi connectivity index (χ1v) is 13.3. The molecule has 0 spiro atoms. The van der Waals surface area contributed by atoms with Gasteiger partial charge in [-0.05, 0) is 0 Å². The number of carbonyl (C=O) groups is 1. The first-order valence-electron chi connectivity index (χ1n) is 13.3. The average molecular weight is 655 g/mol. The summed E-state index contributed by atoms with van der Waals surface area (Å²) in [5.41, 5.74) is 0. The zero-order valence-corrected chi connectivity index (χ0v) is 23.0. The quantitative estimate of drug-likeness (QED) is 0.0868. The molecule has 3 rings (SSSR count). The Morgan fingerprint density at radius 1 is 0.682 bits per heavy atom. The number of aliphatic hydroxyl groups excluding tert-OH is 15. The number of hydrogen-bond acceptors (Lipinski definition) is 21. The van der Waals surface area contributed by atoms with Gasteiger partial charge < -0.3 is 105 Å². The van der Waals surface area contributed by atoms with Crippen molar-refractivity contribution in [2.24, 2.45) is 0 Å². The lowest BCUT2D eigenvalue weighted by Crippen LogP contribution is -2.63. The van der Waals surface area contributed by atoms with E-state index >= 15 is 0 Å². The molecule has 260 valence electrons. The summed E-state index contributed by atoms with van der Waals surface area (Å²) in [5, 5.41) is 143. The molecule has 0 unspecified atom stereocenters. The van der Waals surface area contributed by atoms with Crippen LogP contribution in [0, 0.1) is 0 Å². The van der Waals surface area contributed by atoms with Crippen LogP contribution in [0.4, 0.5) is 0 Å². The minimum atomic E-state index is -2.36. The van der Waals surface area contributed by atoms with Crippen molar-refractivity contribution in [2.75, 3.05) is 33.0 Å². The number of ether oxygens (including phenoxy) is 5. The van der Waals surface area contributed by atoms with Crippen molar-refractivity contribution in [3.63, 3.8) is 0 Å². The van der Waals surface area contributed by atoms with Crippen LogP contribution in [0.15, 0.2) is 0 Å². The van der Waals surface area contributed by atoms with Crippen molar-refractivity contribution in [1.29, 1.82) is 0 Å². The van der Waals surface area contributed by atoms with E-state index < -0.39 is 137 Å². The molecule has 3 heterocycles. The Hall–Kier alpha value is -1.13.